The van der Waals surface area contributed by atoms with Gasteiger partial charge >= 0.3 is 0 Å². The van der Waals surface area contributed by atoms with Crippen LogP contribution in [0.5, 0.6) is 11.5 Å². The lowest BCUT2D eigenvalue weighted by Crippen LogP contribution is -2.25. The fourth-order valence-electron chi connectivity index (χ4n) is 4.28. The summed E-state index contributed by atoms with van der Waals surface area (Å²) in [4.78, 5) is 31.3. The maximum atomic E-state index is 13.4. The number of rotatable bonds is 8. The fourth-order valence-corrected chi connectivity index (χ4v) is 5.20. The van der Waals surface area contributed by atoms with Crippen LogP contribution in [0, 0.1) is 6.92 Å². The van der Waals surface area contributed by atoms with Crippen LogP contribution >= 0.6 is 11.3 Å². The average Bonchev–Trinajstić information content (AvgIpc) is 3.68. The molecule has 0 spiro atoms. The number of fused-ring (bicyclic) bond motifs is 1. The molecule has 1 aliphatic heterocycles. The van der Waals surface area contributed by atoms with E-state index in [0.29, 0.717) is 52.5 Å². The van der Waals surface area contributed by atoms with Crippen LogP contribution in [0.3, 0.4) is 0 Å². The molecule has 1 saturated carbocycles. The number of ether oxygens (including phenoxy) is 2. The molecule has 1 aliphatic carbocycles. The first-order valence-corrected chi connectivity index (χ1v) is 13.8. The Morgan fingerprint density at radius 3 is 2.54 bits per heavy atom. The predicted octanol–water partition coefficient (Wildman–Crippen LogP) is 5.46. The summed E-state index contributed by atoms with van der Waals surface area (Å²) in [6.45, 7) is 3.34. The highest BCUT2D eigenvalue weighted by molar-refractivity contribution is 7.18. The molecule has 3 N–H and O–H groups in total. The van der Waals surface area contributed by atoms with E-state index in [0.717, 1.165) is 35.2 Å². The molecule has 6 rings (SSSR count). The van der Waals surface area contributed by atoms with E-state index in [-0.39, 0.29) is 17.9 Å². The number of nitrogens with zero attached hydrogens (tertiary/aromatic N) is 1. The lowest BCUT2D eigenvalue weighted by atomic mass is 10.1. The van der Waals surface area contributed by atoms with Crippen molar-refractivity contribution in [1.82, 2.24) is 15.6 Å². The quantitative estimate of drug-likeness (QED) is 0.275. The summed E-state index contributed by atoms with van der Waals surface area (Å²) in [6, 6.07) is 21.2. The van der Waals surface area contributed by atoms with Crippen molar-refractivity contribution in [2.75, 3.05) is 18.5 Å². The number of aromatic nitrogens is 1. The Hall–Kier alpha value is -4.37. The molecule has 0 radical (unpaired) electrons. The molecule has 4 aromatic rings. The van der Waals surface area contributed by atoms with Gasteiger partial charge in [0.15, 0.2) is 16.6 Å². The number of nitrogens with one attached hydrogen (secondary N) is 3. The lowest BCUT2D eigenvalue weighted by Gasteiger charge is -2.18. The fraction of sp³-hybridized carbons (Fsp3) is 0.233. The molecule has 3 aromatic carbocycles. The van der Waals surface area contributed by atoms with E-state index in [2.05, 4.69) is 16.0 Å². The van der Waals surface area contributed by atoms with E-state index in [1.807, 2.05) is 73.7 Å². The zero-order valence-corrected chi connectivity index (χ0v) is 22.3. The largest absolute Gasteiger partial charge is 0.486 e. The van der Waals surface area contributed by atoms with E-state index >= 15 is 0 Å². The van der Waals surface area contributed by atoms with Gasteiger partial charge in [-0.25, -0.2) is 4.98 Å². The molecule has 198 valence electrons. The standard InChI is InChI=1S/C30H28N4O4S/c1-18-7-8-21(28(35)32-22-10-11-22)15-23(18)33-30-34-26(20-9-12-24-25(16-20)38-14-13-37-24)27(39-30)29(36)31-17-19-5-3-2-4-6-19/h2-9,12,15-16,22H,10-11,13-14,17H2,1H3,(H,31,36)(H,32,35)(H,33,34). The minimum atomic E-state index is -0.219. The van der Waals surface area contributed by atoms with Crippen molar-refractivity contribution in [2.45, 2.75) is 32.4 Å². The van der Waals surface area contributed by atoms with Crippen LogP contribution < -0.4 is 25.4 Å². The molecule has 2 amide bonds. The Kier molecular flexibility index (Phi) is 6.89. The number of anilines is 2. The molecule has 1 aromatic heterocycles. The van der Waals surface area contributed by atoms with Gasteiger partial charge in [0, 0.05) is 29.4 Å². The highest BCUT2D eigenvalue weighted by Crippen LogP contribution is 2.38. The molecular weight excluding hydrogens is 512 g/mol. The molecule has 0 bridgehead atoms. The topological polar surface area (TPSA) is 102 Å². The summed E-state index contributed by atoms with van der Waals surface area (Å²) in [7, 11) is 0. The molecule has 0 atom stereocenters. The van der Waals surface area contributed by atoms with Gasteiger partial charge in [-0.15, -0.1) is 0 Å². The zero-order chi connectivity index (χ0) is 26.8. The van der Waals surface area contributed by atoms with Crippen LogP contribution in [0.2, 0.25) is 0 Å². The van der Waals surface area contributed by atoms with Gasteiger partial charge in [0.25, 0.3) is 11.8 Å². The van der Waals surface area contributed by atoms with E-state index in [4.69, 9.17) is 14.5 Å². The maximum Gasteiger partial charge on any atom is 0.264 e. The minimum Gasteiger partial charge on any atom is -0.486 e. The number of carbonyl (C=O) groups is 2. The highest BCUT2D eigenvalue weighted by atomic mass is 32.1. The lowest BCUT2D eigenvalue weighted by molar-refractivity contribution is 0.0944. The number of hydrogen-bond donors (Lipinski definition) is 3. The maximum absolute atomic E-state index is 13.4. The Balaban J connectivity index is 1.31. The second-order valence-corrected chi connectivity index (χ2v) is 10.6. The van der Waals surface area contributed by atoms with Crippen LogP contribution in [0.25, 0.3) is 11.3 Å². The van der Waals surface area contributed by atoms with Crippen molar-refractivity contribution in [3.63, 3.8) is 0 Å². The van der Waals surface area contributed by atoms with Gasteiger partial charge in [0.2, 0.25) is 0 Å². The Labute approximate surface area is 230 Å². The summed E-state index contributed by atoms with van der Waals surface area (Å²) in [5.74, 6) is 0.994. The van der Waals surface area contributed by atoms with Crippen LogP contribution in [-0.4, -0.2) is 36.1 Å². The highest BCUT2D eigenvalue weighted by Gasteiger charge is 2.25. The summed E-state index contributed by atoms with van der Waals surface area (Å²) in [5, 5.41) is 9.95. The first-order valence-electron chi connectivity index (χ1n) is 12.9. The number of thiazole rings is 1. The molecule has 39 heavy (non-hydrogen) atoms. The summed E-state index contributed by atoms with van der Waals surface area (Å²) in [6.07, 6.45) is 2.05. The third kappa shape index (κ3) is 5.73. The summed E-state index contributed by atoms with van der Waals surface area (Å²) < 4.78 is 11.4. The first kappa shape index (κ1) is 24.9. The van der Waals surface area contributed by atoms with Crippen LogP contribution in [-0.2, 0) is 6.54 Å². The molecule has 0 saturated heterocycles. The number of benzene rings is 3. The van der Waals surface area contributed by atoms with Crippen molar-refractivity contribution >= 4 is 34.0 Å². The Morgan fingerprint density at radius 1 is 0.949 bits per heavy atom. The third-order valence-corrected chi connectivity index (χ3v) is 7.57. The second kappa shape index (κ2) is 10.8. The smallest absolute Gasteiger partial charge is 0.264 e. The van der Waals surface area contributed by atoms with Gasteiger partial charge in [-0.2, -0.15) is 0 Å². The number of hydrogen-bond acceptors (Lipinski definition) is 7. The first-order chi connectivity index (χ1) is 19.0. The van der Waals surface area contributed by atoms with Crippen LogP contribution in [0.15, 0.2) is 66.7 Å². The molecule has 2 aliphatic rings. The van der Waals surface area contributed by atoms with Crippen molar-refractivity contribution in [2.24, 2.45) is 0 Å². The molecule has 1 fully saturated rings. The molecular formula is C30H28N4O4S. The van der Waals surface area contributed by atoms with Gasteiger partial charge in [0.1, 0.15) is 18.1 Å². The van der Waals surface area contributed by atoms with E-state index in [9.17, 15) is 9.59 Å². The van der Waals surface area contributed by atoms with Crippen molar-refractivity contribution in [1.29, 1.82) is 0 Å². The third-order valence-electron chi connectivity index (χ3n) is 6.60. The normalized spacial score (nSPS) is 14.0. The molecule has 2 heterocycles. The second-order valence-electron chi connectivity index (χ2n) is 9.63. The number of amides is 2. The monoisotopic (exact) mass is 540 g/mol. The average molecular weight is 541 g/mol. The summed E-state index contributed by atoms with van der Waals surface area (Å²) >= 11 is 1.27. The Morgan fingerprint density at radius 2 is 1.74 bits per heavy atom. The molecule has 9 heteroatoms. The molecule has 8 nitrogen and oxygen atoms in total. The van der Waals surface area contributed by atoms with Gasteiger partial charge < -0.3 is 25.4 Å². The van der Waals surface area contributed by atoms with E-state index in [1.165, 1.54) is 11.3 Å². The van der Waals surface area contributed by atoms with Crippen molar-refractivity contribution in [3.8, 4) is 22.8 Å². The van der Waals surface area contributed by atoms with Crippen LogP contribution in [0.4, 0.5) is 10.8 Å². The molecule has 0 unspecified atom stereocenters. The van der Waals surface area contributed by atoms with Gasteiger partial charge in [-0.05, 0) is 61.2 Å². The van der Waals surface area contributed by atoms with Crippen LogP contribution in [0.1, 0.15) is 44.0 Å². The van der Waals surface area contributed by atoms with E-state index in [1.54, 1.807) is 0 Å². The predicted molar refractivity (Wildman–Crippen MR) is 151 cm³/mol. The minimum absolute atomic E-state index is 0.0855. The van der Waals surface area contributed by atoms with Gasteiger partial charge in [0.05, 0.1) is 5.69 Å². The van der Waals surface area contributed by atoms with Crippen molar-refractivity contribution in [3.05, 3.63) is 88.3 Å². The van der Waals surface area contributed by atoms with Gasteiger partial charge in [-0.1, -0.05) is 47.7 Å². The van der Waals surface area contributed by atoms with E-state index < -0.39 is 0 Å². The van der Waals surface area contributed by atoms with Crippen molar-refractivity contribution < 1.29 is 19.1 Å². The number of aryl methyl sites for hydroxylation is 1. The van der Waals surface area contributed by atoms with Gasteiger partial charge in [-0.3, -0.25) is 9.59 Å². The summed E-state index contributed by atoms with van der Waals surface area (Å²) in [5.41, 5.74) is 4.61. The number of carbonyl (C=O) groups excluding carboxylic acids is 2. The SMILES string of the molecule is Cc1ccc(C(=O)NC2CC2)cc1Nc1nc(-c2ccc3c(c2)OCCO3)c(C(=O)NCc2ccccc2)s1. The zero-order valence-electron chi connectivity index (χ0n) is 21.5. The Bertz CT molecular complexity index is 1530.